The van der Waals surface area contributed by atoms with Crippen LogP contribution in [0.2, 0.25) is 5.02 Å². The lowest BCUT2D eigenvalue weighted by Gasteiger charge is -2.34. The van der Waals surface area contributed by atoms with Crippen LogP contribution in [0.1, 0.15) is 10.4 Å². The van der Waals surface area contributed by atoms with E-state index in [2.05, 4.69) is 0 Å². The molecule has 5 heteroatoms. The van der Waals surface area contributed by atoms with Crippen molar-refractivity contribution in [3.8, 4) is 0 Å². The van der Waals surface area contributed by atoms with Crippen molar-refractivity contribution >= 4 is 29.1 Å². The van der Waals surface area contributed by atoms with E-state index < -0.39 is 0 Å². The average molecular weight is 315 g/mol. The summed E-state index contributed by atoms with van der Waals surface area (Å²) in [7, 11) is 0. The van der Waals surface area contributed by atoms with Crippen molar-refractivity contribution in [1.82, 2.24) is 4.90 Å². The Balaban J connectivity index is 1.71. The van der Waals surface area contributed by atoms with Crippen molar-refractivity contribution in [2.45, 2.75) is 0 Å². The lowest BCUT2D eigenvalue weighted by Crippen LogP contribution is -2.52. The van der Waals surface area contributed by atoms with Crippen molar-refractivity contribution in [1.29, 1.82) is 0 Å². The Morgan fingerprint density at radius 2 is 1.64 bits per heavy atom. The van der Waals surface area contributed by atoms with Crippen molar-refractivity contribution in [3.63, 3.8) is 0 Å². The van der Waals surface area contributed by atoms with E-state index in [4.69, 9.17) is 11.6 Å². The quantitative estimate of drug-likeness (QED) is 0.855. The van der Waals surface area contributed by atoms with Gasteiger partial charge in [0.25, 0.3) is 5.91 Å². The van der Waals surface area contributed by atoms with Gasteiger partial charge in [-0.1, -0.05) is 29.8 Å². The number of rotatable bonds is 2. The molecule has 4 nitrogen and oxygen atoms in total. The third-order valence-electron chi connectivity index (χ3n) is 3.67. The van der Waals surface area contributed by atoms with Crippen LogP contribution in [-0.2, 0) is 4.79 Å². The van der Waals surface area contributed by atoms with Crippen LogP contribution in [0, 0.1) is 0 Å². The number of carbonyl (C=O) groups excluding carboxylic acids is 2. The Morgan fingerprint density at radius 3 is 2.27 bits per heavy atom. The molecule has 0 bridgehead atoms. The molecule has 1 fully saturated rings. The zero-order valence-corrected chi connectivity index (χ0v) is 12.7. The van der Waals surface area contributed by atoms with E-state index in [1.807, 2.05) is 30.3 Å². The molecular weight excluding hydrogens is 300 g/mol. The van der Waals surface area contributed by atoms with Crippen molar-refractivity contribution < 1.29 is 9.59 Å². The molecule has 1 heterocycles. The molecule has 0 unspecified atom stereocenters. The molecule has 1 saturated heterocycles. The molecule has 0 aromatic heterocycles. The molecule has 0 N–H and O–H groups in total. The van der Waals surface area contributed by atoms with Gasteiger partial charge in [0, 0.05) is 29.4 Å². The number of anilines is 1. The highest BCUT2D eigenvalue weighted by atomic mass is 35.5. The number of piperazine rings is 1. The molecule has 1 aliphatic rings. The largest absolute Gasteiger partial charge is 0.328 e. The predicted molar refractivity (Wildman–Crippen MR) is 86.2 cm³/mol. The second-order valence-electron chi connectivity index (χ2n) is 5.11. The van der Waals surface area contributed by atoms with Crippen LogP contribution in [0.15, 0.2) is 54.6 Å². The van der Waals surface area contributed by atoms with E-state index in [-0.39, 0.29) is 18.4 Å². The highest BCUT2D eigenvalue weighted by molar-refractivity contribution is 6.30. The Labute approximate surface area is 133 Å². The Kier molecular flexibility index (Phi) is 4.11. The first-order valence-electron chi connectivity index (χ1n) is 7.05. The zero-order valence-electron chi connectivity index (χ0n) is 11.9. The Hall–Kier alpha value is -2.33. The molecular formula is C17H15ClN2O2. The van der Waals surface area contributed by atoms with E-state index in [9.17, 15) is 9.59 Å². The van der Waals surface area contributed by atoms with Crippen LogP contribution in [0.25, 0.3) is 0 Å². The zero-order chi connectivity index (χ0) is 15.5. The van der Waals surface area contributed by atoms with Gasteiger partial charge in [0.15, 0.2) is 0 Å². The van der Waals surface area contributed by atoms with Gasteiger partial charge in [-0.05, 0) is 36.4 Å². The Morgan fingerprint density at radius 1 is 0.955 bits per heavy atom. The molecule has 2 amide bonds. The van der Waals surface area contributed by atoms with Gasteiger partial charge < -0.3 is 9.80 Å². The Bertz CT molecular complexity index is 686. The van der Waals surface area contributed by atoms with Crippen LogP contribution in [0.4, 0.5) is 5.69 Å². The maximum atomic E-state index is 12.4. The fourth-order valence-corrected chi connectivity index (χ4v) is 2.63. The summed E-state index contributed by atoms with van der Waals surface area (Å²) in [4.78, 5) is 28.0. The van der Waals surface area contributed by atoms with Gasteiger partial charge in [0.2, 0.25) is 5.91 Å². The molecule has 2 aromatic carbocycles. The lowest BCUT2D eigenvalue weighted by atomic mass is 10.1. The predicted octanol–water partition coefficient (Wildman–Crippen LogP) is 2.83. The van der Waals surface area contributed by atoms with Crippen molar-refractivity contribution in [2.24, 2.45) is 0 Å². The van der Waals surface area contributed by atoms with Gasteiger partial charge in [0.05, 0.1) is 0 Å². The summed E-state index contributed by atoms with van der Waals surface area (Å²) < 4.78 is 0. The van der Waals surface area contributed by atoms with E-state index in [1.54, 1.807) is 34.1 Å². The lowest BCUT2D eigenvalue weighted by molar-refractivity contribution is -0.120. The minimum atomic E-state index is -0.141. The summed E-state index contributed by atoms with van der Waals surface area (Å²) in [5, 5.41) is 0.585. The molecule has 0 radical (unpaired) electrons. The summed E-state index contributed by atoms with van der Waals surface area (Å²) in [6.07, 6.45) is 0. The molecule has 1 aliphatic heterocycles. The number of amides is 2. The van der Waals surface area contributed by atoms with Gasteiger partial charge in [-0.25, -0.2) is 0 Å². The molecule has 2 aromatic rings. The summed E-state index contributed by atoms with van der Waals surface area (Å²) >= 11 is 5.83. The third kappa shape index (κ3) is 2.97. The van der Waals surface area contributed by atoms with Crippen LogP contribution in [0.3, 0.4) is 0 Å². The molecule has 0 atom stereocenters. The second-order valence-corrected chi connectivity index (χ2v) is 5.55. The topological polar surface area (TPSA) is 40.6 Å². The summed E-state index contributed by atoms with van der Waals surface area (Å²) in [6.45, 7) is 1.11. The molecule has 22 heavy (non-hydrogen) atoms. The van der Waals surface area contributed by atoms with Gasteiger partial charge in [-0.15, -0.1) is 0 Å². The summed E-state index contributed by atoms with van der Waals surface area (Å²) in [5.74, 6) is -0.211. The molecule has 112 valence electrons. The molecule has 0 saturated carbocycles. The van der Waals surface area contributed by atoms with Crippen LogP contribution < -0.4 is 4.90 Å². The van der Waals surface area contributed by atoms with Crippen LogP contribution >= 0.6 is 11.6 Å². The van der Waals surface area contributed by atoms with Gasteiger partial charge >= 0.3 is 0 Å². The minimum absolute atomic E-state index is 0.0697. The number of nitrogens with zero attached hydrogens (tertiary/aromatic N) is 2. The SMILES string of the molecule is O=C(c1ccc(Cl)cc1)N1CCN(c2ccccc2)C(=O)C1. The van der Waals surface area contributed by atoms with Crippen molar-refractivity contribution in [3.05, 3.63) is 65.2 Å². The normalized spacial score (nSPS) is 15.0. The van der Waals surface area contributed by atoms with Gasteiger partial charge in [0.1, 0.15) is 6.54 Å². The molecule has 0 aliphatic carbocycles. The van der Waals surface area contributed by atoms with E-state index in [0.717, 1.165) is 5.69 Å². The summed E-state index contributed by atoms with van der Waals surface area (Å²) in [6, 6.07) is 16.2. The first-order valence-corrected chi connectivity index (χ1v) is 7.43. The van der Waals surface area contributed by atoms with E-state index in [1.165, 1.54) is 0 Å². The fraction of sp³-hybridized carbons (Fsp3) is 0.176. The first-order chi connectivity index (χ1) is 10.6. The average Bonchev–Trinajstić information content (AvgIpc) is 2.55. The maximum absolute atomic E-state index is 12.4. The van der Waals surface area contributed by atoms with Gasteiger partial charge in [-0.3, -0.25) is 9.59 Å². The van der Waals surface area contributed by atoms with E-state index in [0.29, 0.717) is 23.7 Å². The monoisotopic (exact) mass is 314 g/mol. The number of halogens is 1. The number of hydrogen-bond donors (Lipinski definition) is 0. The number of carbonyl (C=O) groups is 2. The van der Waals surface area contributed by atoms with Gasteiger partial charge in [-0.2, -0.15) is 0 Å². The van der Waals surface area contributed by atoms with E-state index >= 15 is 0 Å². The summed E-state index contributed by atoms with van der Waals surface area (Å²) in [5.41, 5.74) is 1.41. The molecule has 0 spiro atoms. The smallest absolute Gasteiger partial charge is 0.254 e. The van der Waals surface area contributed by atoms with Crippen molar-refractivity contribution in [2.75, 3.05) is 24.5 Å². The maximum Gasteiger partial charge on any atom is 0.254 e. The molecule has 3 rings (SSSR count). The first kappa shape index (κ1) is 14.6. The standard InChI is InChI=1S/C17H15ClN2O2/c18-14-8-6-13(7-9-14)17(22)19-10-11-20(16(21)12-19)15-4-2-1-3-5-15/h1-9H,10-12H2. The fourth-order valence-electron chi connectivity index (χ4n) is 2.50. The minimum Gasteiger partial charge on any atom is -0.328 e. The second kappa shape index (κ2) is 6.20. The number of benzene rings is 2. The van der Waals surface area contributed by atoms with Crippen LogP contribution in [0.5, 0.6) is 0 Å². The number of para-hydroxylation sites is 1. The highest BCUT2D eigenvalue weighted by Gasteiger charge is 2.28. The highest BCUT2D eigenvalue weighted by Crippen LogP contribution is 2.18. The number of hydrogen-bond acceptors (Lipinski definition) is 2. The van der Waals surface area contributed by atoms with Crippen LogP contribution in [-0.4, -0.2) is 36.3 Å². The third-order valence-corrected chi connectivity index (χ3v) is 3.92.